The Balaban J connectivity index is 1.87. The van der Waals surface area contributed by atoms with Gasteiger partial charge in [-0.3, -0.25) is 4.79 Å². The highest BCUT2D eigenvalue weighted by Crippen LogP contribution is 2.24. The van der Waals surface area contributed by atoms with Gasteiger partial charge in [0.2, 0.25) is 5.91 Å². The van der Waals surface area contributed by atoms with E-state index < -0.39 is 33.3 Å². The van der Waals surface area contributed by atoms with Crippen molar-refractivity contribution in [1.82, 2.24) is 4.90 Å². The van der Waals surface area contributed by atoms with Crippen molar-refractivity contribution < 1.29 is 26.4 Å². The summed E-state index contributed by atoms with van der Waals surface area (Å²) in [5.41, 5.74) is 6.14. The van der Waals surface area contributed by atoms with Crippen molar-refractivity contribution in [3.05, 3.63) is 35.1 Å². The van der Waals surface area contributed by atoms with Gasteiger partial charge in [0.1, 0.15) is 15.7 Å². The van der Waals surface area contributed by atoms with E-state index >= 15 is 0 Å². The van der Waals surface area contributed by atoms with E-state index in [9.17, 15) is 26.4 Å². The molecule has 1 saturated heterocycles. The van der Waals surface area contributed by atoms with Gasteiger partial charge in [-0.25, -0.2) is 21.6 Å². The molecule has 0 radical (unpaired) electrons. The molecule has 1 aromatic rings. The Labute approximate surface area is 151 Å². The SMILES string of the molecule is CS(=O)(=O)CCC(=O)N1CCC(C(N)Cc2cc(F)c(F)cc2F)CC1. The fourth-order valence-electron chi connectivity index (χ4n) is 3.15. The van der Waals surface area contributed by atoms with Gasteiger partial charge < -0.3 is 10.6 Å². The second kappa shape index (κ2) is 8.39. The molecule has 5 nitrogen and oxygen atoms in total. The van der Waals surface area contributed by atoms with Crippen molar-refractivity contribution in [2.45, 2.75) is 31.7 Å². The van der Waals surface area contributed by atoms with Gasteiger partial charge in [-0.15, -0.1) is 0 Å². The number of nitrogens with two attached hydrogens (primary N) is 1. The maximum Gasteiger partial charge on any atom is 0.223 e. The molecule has 0 aromatic heterocycles. The number of piperidine rings is 1. The maximum absolute atomic E-state index is 13.7. The number of sulfone groups is 1. The molecule has 0 bridgehead atoms. The Morgan fingerprint density at radius 2 is 1.77 bits per heavy atom. The van der Waals surface area contributed by atoms with Crippen LogP contribution in [0.5, 0.6) is 0 Å². The fraction of sp³-hybridized carbons (Fsp3) is 0.588. The van der Waals surface area contributed by atoms with Crippen LogP contribution in [0.4, 0.5) is 13.2 Å². The van der Waals surface area contributed by atoms with Gasteiger partial charge >= 0.3 is 0 Å². The third kappa shape index (κ3) is 5.70. The molecular weight excluding hydrogens is 369 g/mol. The highest BCUT2D eigenvalue weighted by Gasteiger charge is 2.27. The summed E-state index contributed by atoms with van der Waals surface area (Å²) < 4.78 is 62.3. The molecular formula is C17H23F3N2O3S. The van der Waals surface area contributed by atoms with Crippen LogP contribution in [0.2, 0.25) is 0 Å². The largest absolute Gasteiger partial charge is 0.343 e. The van der Waals surface area contributed by atoms with Crippen LogP contribution in [-0.4, -0.2) is 50.4 Å². The first kappa shape index (κ1) is 20.7. The van der Waals surface area contributed by atoms with E-state index in [2.05, 4.69) is 0 Å². The van der Waals surface area contributed by atoms with Crippen LogP contribution in [-0.2, 0) is 21.1 Å². The Morgan fingerprint density at radius 3 is 2.35 bits per heavy atom. The van der Waals surface area contributed by atoms with Gasteiger partial charge in [0.05, 0.1) is 5.75 Å². The third-order valence-electron chi connectivity index (χ3n) is 4.73. The molecule has 1 aliphatic heterocycles. The van der Waals surface area contributed by atoms with Crippen molar-refractivity contribution >= 4 is 15.7 Å². The lowest BCUT2D eigenvalue weighted by atomic mass is 9.86. The number of benzene rings is 1. The molecule has 1 fully saturated rings. The molecule has 0 spiro atoms. The van der Waals surface area contributed by atoms with E-state index in [0.717, 1.165) is 12.3 Å². The van der Waals surface area contributed by atoms with Crippen molar-refractivity contribution in [2.24, 2.45) is 11.7 Å². The normalized spacial score (nSPS) is 17.3. The lowest BCUT2D eigenvalue weighted by Gasteiger charge is -2.35. The first-order valence-electron chi connectivity index (χ1n) is 8.41. The number of rotatable bonds is 6. The summed E-state index contributed by atoms with van der Waals surface area (Å²) in [7, 11) is -3.19. The average molecular weight is 392 g/mol. The monoisotopic (exact) mass is 392 g/mol. The molecule has 146 valence electrons. The number of carbonyl (C=O) groups is 1. The number of halogens is 3. The first-order valence-corrected chi connectivity index (χ1v) is 10.5. The molecule has 26 heavy (non-hydrogen) atoms. The minimum absolute atomic E-state index is 0.0153. The average Bonchev–Trinajstić information content (AvgIpc) is 2.57. The third-order valence-corrected chi connectivity index (χ3v) is 5.68. The number of likely N-dealkylation sites (tertiary alicyclic amines) is 1. The van der Waals surface area contributed by atoms with Gasteiger partial charge in [0.15, 0.2) is 11.6 Å². The molecule has 1 amide bonds. The number of nitrogens with zero attached hydrogens (tertiary/aromatic N) is 1. The smallest absolute Gasteiger partial charge is 0.223 e. The molecule has 2 N–H and O–H groups in total. The van der Waals surface area contributed by atoms with E-state index in [1.807, 2.05) is 0 Å². The summed E-state index contributed by atoms with van der Waals surface area (Å²) >= 11 is 0. The number of amides is 1. The molecule has 2 rings (SSSR count). The van der Waals surface area contributed by atoms with Crippen LogP contribution in [0, 0.1) is 23.4 Å². The summed E-state index contributed by atoms with van der Waals surface area (Å²) in [4.78, 5) is 13.6. The summed E-state index contributed by atoms with van der Waals surface area (Å²) in [6.45, 7) is 0.891. The van der Waals surface area contributed by atoms with E-state index in [4.69, 9.17) is 5.73 Å². The maximum atomic E-state index is 13.7. The Hall–Kier alpha value is -1.61. The number of hydrogen-bond donors (Lipinski definition) is 1. The van der Waals surface area contributed by atoms with Gasteiger partial charge in [-0.2, -0.15) is 0 Å². The Morgan fingerprint density at radius 1 is 1.19 bits per heavy atom. The molecule has 1 heterocycles. The van der Waals surface area contributed by atoms with Crippen molar-refractivity contribution in [3.63, 3.8) is 0 Å². The van der Waals surface area contributed by atoms with Crippen LogP contribution < -0.4 is 5.73 Å². The highest BCUT2D eigenvalue weighted by atomic mass is 32.2. The van der Waals surface area contributed by atoms with Crippen LogP contribution in [0.15, 0.2) is 12.1 Å². The van der Waals surface area contributed by atoms with E-state index in [1.54, 1.807) is 4.90 Å². The van der Waals surface area contributed by atoms with Crippen LogP contribution in [0.3, 0.4) is 0 Å². The van der Waals surface area contributed by atoms with Crippen molar-refractivity contribution in [3.8, 4) is 0 Å². The van der Waals surface area contributed by atoms with Gasteiger partial charge in [0, 0.05) is 37.9 Å². The summed E-state index contributed by atoms with van der Waals surface area (Å²) in [5, 5.41) is 0. The predicted octanol–water partition coefficient (Wildman–Crippen LogP) is 1.65. The number of carbonyl (C=O) groups excluding carboxylic acids is 1. The summed E-state index contributed by atoms with van der Waals surface area (Å²) in [6, 6.07) is 0.900. The first-order chi connectivity index (χ1) is 12.1. The summed E-state index contributed by atoms with van der Waals surface area (Å²) in [5.74, 6) is -3.55. The van der Waals surface area contributed by atoms with Gasteiger partial charge in [0.25, 0.3) is 0 Å². The molecule has 1 unspecified atom stereocenters. The van der Waals surface area contributed by atoms with Gasteiger partial charge in [-0.1, -0.05) is 0 Å². The summed E-state index contributed by atoms with van der Waals surface area (Å²) in [6.07, 6.45) is 2.31. The second-order valence-electron chi connectivity index (χ2n) is 6.82. The second-order valence-corrected chi connectivity index (χ2v) is 9.08. The topological polar surface area (TPSA) is 80.5 Å². The van der Waals surface area contributed by atoms with Crippen LogP contribution in [0.1, 0.15) is 24.8 Å². The lowest BCUT2D eigenvalue weighted by molar-refractivity contribution is -0.132. The van der Waals surface area contributed by atoms with E-state index in [1.165, 1.54) is 0 Å². The molecule has 1 aliphatic rings. The zero-order valence-corrected chi connectivity index (χ0v) is 15.4. The van der Waals surface area contributed by atoms with Crippen LogP contribution in [0.25, 0.3) is 0 Å². The minimum atomic E-state index is -3.19. The van der Waals surface area contributed by atoms with E-state index in [0.29, 0.717) is 32.0 Å². The van der Waals surface area contributed by atoms with Crippen molar-refractivity contribution in [2.75, 3.05) is 25.1 Å². The molecule has 1 atom stereocenters. The van der Waals surface area contributed by atoms with E-state index in [-0.39, 0.29) is 36.0 Å². The molecule has 0 saturated carbocycles. The Bertz CT molecular complexity index is 763. The van der Waals surface area contributed by atoms with Gasteiger partial charge in [-0.05, 0) is 36.8 Å². The molecule has 0 aliphatic carbocycles. The number of hydrogen-bond acceptors (Lipinski definition) is 4. The van der Waals surface area contributed by atoms with Crippen LogP contribution >= 0.6 is 0 Å². The lowest BCUT2D eigenvalue weighted by Crippen LogP contribution is -2.44. The highest BCUT2D eigenvalue weighted by molar-refractivity contribution is 7.90. The van der Waals surface area contributed by atoms with Crippen molar-refractivity contribution in [1.29, 1.82) is 0 Å². The Kier molecular flexibility index (Phi) is 6.68. The zero-order valence-electron chi connectivity index (χ0n) is 14.6. The zero-order chi connectivity index (χ0) is 19.5. The quantitative estimate of drug-likeness (QED) is 0.747. The molecule has 9 heteroatoms. The fourth-order valence-corrected chi connectivity index (χ4v) is 3.69. The standard InChI is InChI=1S/C17H23F3N2O3S/c1-26(24,25)7-4-17(23)22-5-2-11(3-6-22)16(21)9-12-8-14(19)15(20)10-13(12)18/h8,10-11,16H,2-7,9,21H2,1H3. The predicted molar refractivity (Wildman–Crippen MR) is 91.6 cm³/mol. The molecule has 1 aromatic carbocycles. The minimum Gasteiger partial charge on any atom is -0.343 e.